The molecule has 0 amide bonds. The summed E-state index contributed by atoms with van der Waals surface area (Å²) in [4.78, 5) is 0. The minimum atomic E-state index is 0.766. The summed E-state index contributed by atoms with van der Waals surface area (Å²) in [7, 11) is 1.93. The molecule has 0 unspecified atom stereocenters. The van der Waals surface area contributed by atoms with Gasteiger partial charge in [0.15, 0.2) is 0 Å². The summed E-state index contributed by atoms with van der Waals surface area (Å²) >= 11 is 4.15. The van der Waals surface area contributed by atoms with Gasteiger partial charge in [-0.1, -0.05) is 0 Å². The van der Waals surface area contributed by atoms with Crippen molar-refractivity contribution in [2.24, 2.45) is 7.05 Å². The van der Waals surface area contributed by atoms with E-state index in [1.54, 1.807) is 0 Å². The molecule has 1 aromatic rings. The molecule has 0 saturated heterocycles. The van der Waals surface area contributed by atoms with Crippen LogP contribution >= 0.6 is 12.6 Å². The molecule has 0 N–H and O–H groups in total. The van der Waals surface area contributed by atoms with Crippen molar-refractivity contribution >= 4 is 12.6 Å². The van der Waals surface area contributed by atoms with Crippen molar-refractivity contribution in [1.29, 1.82) is 0 Å². The van der Waals surface area contributed by atoms with E-state index in [1.807, 2.05) is 24.9 Å². The topological polar surface area (TPSA) is 17.8 Å². The summed E-state index contributed by atoms with van der Waals surface area (Å²) in [5, 5.41) is 4.05. The van der Waals surface area contributed by atoms with Crippen LogP contribution in [0.3, 0.4) is 0 Å². The first-order chi connectivity index (χ1) is 4.25. The molecule has 50 valence electrons. The second-order valence-electron chi connectivity index (χ2n) is 2.06. The fraction of sp³-hybridized carbons (Fsp3) is 0.500. The molecular weight excluding hydrogens is 132 g/mol. The van der Waals surface area contributed by atoms with Gasteiger partial charge in [0.2, 0.25) is 0 Å². The maximum absolute atomic E-state index is 4.15. The van der Waals surface area contributed by atoms with E-state index in [2.05, 4.69) is 17.7 Å². The number of nitrogens with zero attached hydrogens (tertiary/aromatic N) is 2. The Morgan fingerprint density at radius 3 is 2.67 bits per heavy atom. The molecule has 0 radical (unpaired) electrons. The molecule has 0 saturated carbocycles. The third-order valence-electron chi connectivity index (χ3n) is 1.42. The molecule has 0 fully saturated rings. The zero-order chi connectivity index (χ0) is 6.85. The number of rotatable bonds is 1. The van der Waals surface area contributed by atoms with E-state index in [0.29, 0.717) is 0 Å². The third-order valence-corrected chi connectivity index (χ3v) is 1.72. The SMILES string of the molecule is Cc1cnn(C)c1CS. The minimum Gasteiger partial charge on any atom is -0.272 e. The van der Waals surface area contributed by atoms with Gasteiger partial charge in [-0.3, -0.25) is 4.68 Å². The zero-order valence-corrected chi connectivity index (χ0v) is 6.52. The Kier molecular flexibility index (Phi) is 1.81. The van der Waals surface area contributed by atoms with Gasteiger partial charge in [-0.2, -0.15) is 17.7 Å². The maximum atomic E-state index is 4.15. The lowest BCUT2D eigenvalue weighted by Gasteiger charge is -1.95. The lowest BCUT2D eigenvalue weighted by atomic mass is 10.3. The highest BCUT2D eigenvalue weighted by molar-refractivity contribution is 7.79. The van der Waals surface area contributed by atoms with E-state index in [4.69, 9.17) is 0 Å². The molecule has 0 aliphatic heterocycles. The van der Waals surface area contributed by atoms with Gasteiger partial charge < -0.3 is 0 Å². The van der Waals surface area contributed by atoms with Gasteiger partial charge in [-0.15, -0.1) is 0 Å². The Morgan fingerprint density at radius 2 is 2.44 bits per heavy atom. The predicted molar refractivity (Wildman–Crippen MR) is 40.6 cm³/mol. The number of thiol groups is 1. The van der Waals surface area contributed by atoms with Crippen LogP contribution in [0.1, 0.15) is 11.3 Å². The fourth-order valence-electron chi connectivity index (χ4n) is 0.800. The predicted octanol–water partition coefficient (Wildman–Crippen LogP) is 1.16. The molecule has 2 nitrogen and oxygen atoms in total. The van der Waals surface area contributed by atoms with Crippen LogP contribution < -0.4 is 0 Å². The Bertz CT molecular complexity index is 185. The average Bonchev–Trinajstić information content (AvgIpc) is 2.12. The van der Waals surface area contributed by atoms with Crippen molar-refractivity contribution < 1.29 is 0 Å². The highest BCUT2D eigenvalue weighted by Gasteiger charge is 1.99. The van der Waals surface area contributed by atoms with E-state index >= 15 is 0 Å². The summed E-state index contributed by atoms with van der Waals surface area (Å²) in [5.41, 5.74) is 2.41. The second kappa shape index (κ2) is 2.43. The van der Waals surface area contributed by atoms with Crippen molar-refractivity contribution in [2.75, 3.05) is 0 Å². The normalized spacial score (nSPS) is 10.1. The standard InChI is InChI=1S/C6H10N2S/c1-5-3-7-8(2)6(5)4-9/h3,9H,4H2,1-2H3. The maximum Gasteiger partial charge on any atom is 0.0522 e. The monoisotopic (exact) mass is 142 g/mol. The highest BCUT2D eigenvalue weighted by Crippen LogP contribution is 2.06. The van der Waals surface area contributed by atoms with Crippen LogP contribution in [0.15, 0.2) is 6.20 Å². The first-order valence-corrected chi connectivity index (χ1v) is 3.47. The van der Waals surface area contributed by atoms with E-state index in [0.717, 1.165) is 5.75 Å². The van der Waals surface area contributed by atoms with Crippen LogP contribution in [0.25, 0.3) is 0 Å². The number of hydrogen-bond donors (Lipinski definition) is 1. The average molecular weight is 142 g/mol. The van der Waals surface area contributed by atoms with Gasteiger partial charge >= 0.3 is 0 Å². The lowest BCUT2D eigenvalue weighted by Crippen LogP contribution is -1.95. The van der Waals surface area contributed by atoms with Crippen molar-refractivity contribution in [3.63, 3.8) is 0 Å². The van der Waals surface area contributed by atoms with Crippen molar-refractivity contribution in [3.05, 3.63) is 17.5 Å². The summed E-state index contributed by atoms with van der Waals surface area (Å²) in [5.74, 6) is 0.766. The van der Waals surface area contributed by atoms with E-state index in [-0.39, 0.29) is 0 Å². The van der Waals surface area contributed by atoms with Gasteiger partial charge in [-0.25, -0.2) is 0 Å². The Balaban J connectivity index is 3.07. The van der Waals surface area contributed by atoms with E-state index in [1.165, 1.54) is 11.3 Å². The van der Waals surface area contributed by atoms with Crippen molar-refractivity contribution in [3.8, 4) is 0 Å². The first kappa shape index (κ1) is 6.68. The molecule has 9 heavy (non-hydrogen) atoms. The molecule has 0 bridgehead atoms. The van der Waals surface area contributed by atoms with Crippen molar-refractivity contribution in [2.45, 2.75) is 12.7 Å². The highest BCUT2D eigenvalue weighted by atomic mass is 32.1. The van der Waals surface area contributed by atoms with Crippen LogP contribution in [-0.2, 0) is 12.8 Å². The molecule has 1 rings (SSSR count). The van der Waals surface area contributed by atoms with Gasteiger partial charge in [0.25, 0.3) is 0 Å². The molecule has 3 heteroatoms. The van der Waals surface area contributed by atoms with Crippen LogP contribution in [0, 0.1) is 6.92 Å². The Morgan fingerprint density at radius 1 is 1.78 bits per heavy atom. The smallest absolute Gasteiger partial charge is 0.0522 e. The van der Waals surface area contributed by atoms with Gasteiger partial charge in [0.05, 0.1) is 11.9 Å². The molecule has 0 spiro atoms. The molecule has 0 aliphatic rings. The molecule has 0 atom stereocenters. The summed E-state index contributed by atoms with van der Waals surface area (Å²) in [6.45, 7) is 2.04. The van der Waals surface area contributed by atoms with Gasteiger partial charge in [-0.05, 0) is 12.5 Å². The largest absolute Gasteiger partial charge is 0.272 e. The van der Waals surface area contributed by atoms with Crippen LogP contribution in [0.4, 0.5) is 0 Å². The molecule has 1 aromatic heterocycles. The molecule has 1 heterocycles. The summed E-state index contributed by atoms with van der Waals surface area (Å²) < 4.78 is 1.85. The third kappa shape index (κ3) is 1.10. The Hall–Kier alpha value is -0.440. The molecule has 0 aliphatic carbocycles. The minimum absolute atomic E-state index is 0.766. The van der Waals surface area contributed by atoms with Gasteiger partial charge in [0.1, 0.15) is 0 Å². The lowest BCUT2D eigenvalue weighted by molar-refractivity contribution is 0.735. The van der Waals surface area contributed by atoms with Crippen molar-refractivity contribution in [1.82, 2.24) is 9.78 Å². The molecular formula is C6H10N2S. The number of hydrogen-bond acceptors (Lipinski definition) is 2. The van der Waals surface area contributed by atoms with E-state index < -0.39 is 0 Å². The fourth-order valence-corrected chi connectivity index (χ4v) is 1.25. The summed E-state index contributed by atoms with van der Waals surface area (Å²) in [6, 6.07) is 0. The van der Waals surface area contributed by atoms with Crippen LogP contribution in [0.5, 0.6) is 0 Å². The number of aromatic nitrogens is 2. The van der Waals surface area contributed by atoms with Crippen LogP contribution in [-0.4, -0.2) is 9.78 Å². The molecule has 0 aromatic carbocycles. The summed E-state index contributed by atoms with van der Waals surface area (Å²) in [6.07, 6.45) is 1.85. The quantitative estimate of drug-likeness (QED) is 0.582. The zero-order valence-electron chi connectivity index (χ0n) is 5.63. The van der Waals surface area contributed by atoms with Crippen LogP contribution in [0.2, 0.25) is 0 Å². The second-order valence-corrected chi connectivity index (χ2v) is 2.37. The number of aryl methyl sites for hydroxylation is 2. The Labute approximate surface area is 60.3 Å². The van der Waals surface area contributed by atoms with E-state index in [9.17, 15) is 0 Å². The first-order valence-electron chi connectivity index (χ1n) is 2.84. The van der Waals surface area contributed by atoms with Gasteiger partial charge in [0, 0.05) is 12.8 Å².